The molecule has 8 heterocycles. The van der Waals surface area contributed by atoms with Gasteiger partial charge < -0.3 is 51.6 Å². The van der Waals surface area contributed by atoms with Crippen molar-refractivity contribution in [2.75, 3.05) is 20.7 Å². The highest BCUT2D eigenvalue weighted by atomic mass is 32.1. The van der Waals surface area contributed by atoms with Crippen LogP contribution in [0.15, 0.2) is 64.0 Å². The normalized spacial score (nSPS) is 16.7. The van der Waals surface area contributed by atoms with E-state index in [9.17, 15) is 43.8 Å². The maximum absolute atomic E-state index is 14.3. The first-order valence-electron chi connectivity index (χ1n) is 25.0. The van der Waals surface area contributed by atoms with E-state index >= 15 is 0 Å². The minimum absolute atomic E-state index is 0.00373. The number of benzene rings is 1. The lowest BCUT2D eigenvalue weighted by Gasteiger charge is -2.23. The molecule has 1 aliphatic heterocycles. The van der Waals surface area contributed by atoms with E-state index in [0.29, 0.717) is 74.4 Å². The molecule has 6 amide bonds. The van der Waals surface area contributed by atoms with Crippen LogP contribution in [0.4, 0.5) is 4.79 Å². The minimum atomic E-state index is -1.29. The predicted molar refractivity (Wildman–Crippen MR) is 307 cm³/mol. The molecule has 0 saturated heterocycles. The second-order valence-corrected chi connectivity index (χ2v) is 24.4. The molecule has 5 atom stereocenters. The summed E-state index contributed by atoms with van der Waals surface area (Å²) >= 11 is 7.09. The van der Waals surface area contributed by atoms with Gasteiger partial charge in [-0.3, -0.25) is 28.8 Å². The van der Waals surface area contributed by atoms with Crippen LogP contribution < -0.4 is 31.9 Å². The number of aliphatic hydroxyl groups is 1. The zero-order valence-electron chi connectivity index (χ0n) is 44.3. The summed E-state index contributed by atoms with van der Waals surface area (Å²) in [5, 5.41) is 46.3. The Bertz CT molecular complexity index is 3680. The fourth-order valence-corrected chi connectivity index (χ4v) is 13.7. The number of ether oxygens (including phenoxy) is 2. The van der Waals surface area contributed by atoms with E-state index in [4.69, 9.17) is 29.4 Å². The van der Waals surface area contributed by atoms with Crippen molar-refractivity contribution in [2.45, 2.75) is 77.6 Å². The van der Waals surface area contributed by atoms with Gasteiger partial charge in [0.2, 0.25) is 11.8 Å². The van der Waals surface area contributed by atoms with Gasteiger partial charge in [-0.05, 0) is 37.5 Å². The Hall–Kier alpha value is -7.84. The van der Waals surface area contributed by atoms with Crippen LogP contribution in [-0.4, -0.2) is 113 Å². The molecular formula is C52H51N13O11S6. The maximum atomic E-state index is 14.3. The molecule has 0 spiro atoms. The summed E-state index contributed by atoms with van der Waals surface area (Å²) in [6.45, 7) is 5.97. The Morgan fingerprint density at radius 3 is 2.15 bits per heavy atom. The van der Waals surface area contributed by atoms with Crippen LogP contribution in [0.25, 0.3) is 43.4 Å². The zero-order chi connectivity index (χ0) is 58.4. The Morgan fingerprint density at radius 2 is 1.40 bits per heavy atom. The zero-order valence-corrected chi connectivity index (χ0v) is 49.2. The SMILES string of the molecule is CNC(=O)C[C@@H]1NC(=O)c2csc(n2)-c2ccc(-c3nc(COC(=O)N[C@@H](C)C(=O)O)cs3)nc2-c2csc(n2)-c2csc(n2)C(C(O)c2ccccc2)NC(=O)CNC(=O)c2nc(sc2COC)[C@H](C(C)C)NC(=O)c2nc1sc2C. The maximum Gasteiger partial charge on any atom is 0.408 e. The highest BCUT2D eigenvalue weighted by Crippen LogP contribution is 2.40. The summed E-state index contributed by atoms with van der Waals surface area (Å²) < 4.78 is 10.7. The van der Waals surface area contributed by atoms with Gasteiger partial charge in [-0.1, -0.05) is 44.2 Å². The van der Waals surface area contributed by atoms with Gasteiger partial charge in [-0.15, -0.1) is 68.0 Å². The van der Waals surface area contributed by atoms with Gasteiger partial charge in [0.25, 0.3) is 17.7 Å². The molecule has 2 unspecified atom stereocenters. The number of thiazole rings is 6. The first-order chi connectivity index (χ1) is 39.4. The smallest absolute Gasteiger partial charge is 0.408 e. The molecule has 7 aromatic heterocycles. The number of carbonyl (C=O) groups excluding carboxylic acids is 6. The number of aromatic nitrogens is 7. The molecule has 426 valence electrons. The molecule has 0 fully saturated rings. The topological polar surface area (TPSA) is 341 Å². The van der Waals surface area contributed by atoms with Crippen LogP contribution in [-0.2, 0) is 37.1 Å². The standard InChI is InChI=1S/C52H51N13O11S6/c1-22(2)36-50-65-39(33(82-50)17-75-6)43(70)54-15-35(67)62-40(41(68)25-10-8-7-9-11-25)49-61-32(21-80-49)47-59-30(19-79-47)38-27(12-13-28(57-38)46-56-26(18-77-46)16-76-52(74)55-23(3)51(72)73)45-60-31(20-78-45)42(69)58-29(14-34(66)53-5)48-64-37(24(4)81-48)44(71)63-36/h7-13,18-23,29,36,40-41,68H,14-17H2,1-6H3,(H,53,66)(H,54,70)(H,55,74)(H,58,69)(H,62,67)(H,63,71)(H,72,73)/t23-,29-,36-,40?,41?/m0/s1. The second kappa shape index (κ2) is 26.0. The van der Waals surface area contributed by atoms with Crippen molar-refractivity contribution < 1.29 is 53.2 Å². The lowest BCUT2D eigenvalue weighted by molar-refractivity contribution is -0.138. The monoisotopic (exact) mass is 1230 g/mol. The van der Waals surface area contributed by atoms with Gasteiger partial charge in [0, 0.05) is 46.1 Å². The molecular weight excluding hydrogens is 1180 g/mol. The number of rotatable bonds is 12. The summed E-state index contributed by atoms with van der Waals surface area (Å²) in [5.74, 6) is -4.42. The van der Waals surface area contributed by atoms with Gasteiger partial charge in [-0.2, -0.15) is 0 Å². The van der Waals surface area contributed by atoms with Crippen LogP contribution in [0.2, 0.25) is 0 Å². The molecule has 1 aromatic carbocycles. The molecule has 82 heavy (non-hydrogen) atoms. The number of nitrogens with one attached hydrogen (secondary N) is 6. The number of methoxy groups -OCH3 is 1. The Balaban J connectivity index is 1.11. The van der Waals surface area contributed by atoms with Crippen molar-refractivity contribution in [1.29, 1.82) is 0 Å². The molecule has 0 radical (unpaired) electrons. The number of aliphatic carboxylic acids is 1. The highest BCUT2D eigenvalue weighted by Gasteiger charge is 2.33. The van der Waals surface area contributed by atoms with Crippen molar-refractivity contribution in [2.24, 2.45) is 5.92 Å². The minimum Gasteiger partial charge on any atom is -0.480 e. The van der Waals surface area contributed by atoms with Gasteiger partial charge in [0.05, 0.1) is 47.9 Å². The molecule has 30 heteroatoms. The number of nitrogens with zero attached hydrogens (tertiary/aromatic N) is 7. The van der Waals surface area contributed by atoms with Crippen LogP contribution in [0.1, 0.15) is 119 Å². The molecule has 10 bridgehead atoms. The van der Waals surface area contributed by atoms with E-state index in [1.807, 2.05) is 13.8 Å². The number of pyridine rings is 1. The van der Waals surface area contributed by atoms with Crippen LogP contribution in [0.5, 0.6) is 0 Å². The summed E-state index contributed by atoms with van der Waals surface area (Å²) in [6, 6.07) is 8.19. The van der Waals surface area contributed by atoms with Crippen molar-refractivity contribution in [3.63, 3.8) is 0 Å². The number of alkyl carbamates (subject to hydrolysis) is 1. The first-order valence-corrected chi connectivity index (χ1v) is 30.1. The summed E-state index contributed by atoms with van der Waals surface area (Å²) in [7, 11) is 2.93. The average molecular weight is 1230 g/mol. The third-order valence-corrected chi connectivity index (χ3v) is 18.1. The van der Waals surface area contributed by atoms with Crippen molar-refractivity contribution in [3.8, 4) is 43.4 Å². The number of carboxylic acids is 1. The lowest BCUT2D eigenvalue weighted by atomic mass is 10.0. The molecule has 8 aromatic rings. The number of aryl methyl sites for hydroxylation is 1. The van der Waals surface area contributed by atoms with E-state index in [0.717, 1.165) is 34.0 Å². The van der Waals surface area contributed by atoms with E-state index < -0.39 is 78.4 Å². The highest BCUT2D eigenvalue weighted by molar-refractivity contribution is 7.15. The number of hydrogen-bond donors (Lipinski definition) is 8. The number of hydrogen-bond acceptors (Lipinski definition) is 23. The van der Waals surface area contributed by atoms with Gasteiger partial charge in [0.15, 0.2) is 0 Å². The second-order valence-electron chi connectivity index (χ2n) is 18.6. The molecule has 8 N–H and O–H groups in total. The Morgan fingerprint density at radius 1 is 0.695 bits per heavy atom. The molecule has 1 aliphatic rings. The number of fused-ring (bicyclic) bond motifs is 14. The van der Waals surface area contributed by atoms with Gasteiger partial charge >= 0.3 is 12.1 Å². The number of amides is 6. The van der Waals surface area contributed by atoms with E-state index in [-0.39, 0.29) is 47.6 Å². The molecule has 9 rings (SSSR count). The summed E-state index contributed by atoms with van der Waals surface area (Å²) in [6.07, 6.45) is -2.45. The molecule has 0 aliphatic carbocycles. The molecule has 24 nitrogen and oxygen atoms in total. The largest absolute Gasteiger partial charge is 0.480 e. The van der Waals surface area contributed by atoms with Gasteiger partial charge in [0.1, 0.15) is 89.0 Å². The van der Waals surface area contributed by atoms with Gasteiger partial charge in [-0.25, -0.2) is 39.7 Å². The summed E-state index contributed by atoms with van der Waals surface area (Å²) in [5.41, 5.74) is 2.94. The number of aliphatic hydroxyl groups excluding tert-OH is 1. The van der Waals surface area contributed by atoms with E-state index in [2.05, 4.69) is 46.9 Å². The fraction of sp³-hybridized carbons (Fsp3) is 0.308. The van der Waals surface area contributed by atoms with Crippen LogP contribution in [0.3, 0.4) is 0 Å². The van der Waals surface area contributed by atoms with Crippen molar-refractivity contribution in [1.82, 2.24) is 66.8 Å². The van der Waals surface area contributed by atoms with E-state index in [1.54, 1.807) is 70.9 Å². The predicted octanol–water partition coefficient (Wildman–Crippen LogP) is 7.01. The quantitative estimate of drug-likeness (QED) is 0.0609. The Kier molecular flexibility index (Phi) is 18.6. The molecule has 0 saturated carbocycles. The third kappa shape index (κ3) is 13.6. The lowest BCUT2D eigenvalue weighted by Crippen LogP contribution is -2.40. The Labute approximate surface area is 491 Å². The number of carboxylic acid groups (broad SMARTS) is 1. The van der Waals surface area contributed by atoms with Crippen molar-refractivity contribution in [3.05, 3.63) is 117 Å². The van der Waals surface area contributed by atoms with Crippen LogP contribution in [0, 0.1) is 12.8 Å². The number of carbonyl (C=O) groups is 7. The van der Waals surface area contributed by atoms with Crippen LogP contribution >= 0.6 is 68.0 Å². The average Bonchev–Trinajstić information content (AvgIpc) is 4.47. The summed E-state index contributed by atoms with van der Waals surface area (Å²) in [4.78, 5) is 127. The van der Waals surface area contributed by atoms with Crippen molar-refractivity contribution >= 4 is 110 Å². The fourth-order valence-electron chi connectivity index (χ4n) is 8.10. The van der Waals surface area contributed by atoms with E-state index in [1.165, 1.54) is 55.1 Å². The third-order valence-electron chi connectivity index (χ3n) is 12.3. The first kappa shape index (κ1) is 58.8.